The van der Waals surface area contributed by atoms with E-state index in [9.17, 15) is 18.0 Å². The summed E-state index contributed by atoms with van der Waals surface area (Å²) in [6.45, 7) is 3.64. The molecule has 4 aromatic rings. The molecule has 0 unspecified atom stereocenters. The second-order valence-electron chi connectivity index (χ2n) is 6.99. The third-order valence-electron chi connectivity index (χ3n) is 4.62. The molecule has 4 rings (SSSR count). The summed E-state index contributed by atoms with van der Waals surface area (Å²) in [5, 5.41) is 2.97. The van der Waals surface area contributed by atoms with Crippen LogP contribution in [0.3, 0.4) is 0 Å². The number of nitrogens with zero attached hydrogens (tertiary/aromatic N) is 2. The highest BCUT2D eigenvalue weighted by Crippen LogP contribution is 2.25. The number of anilines is 1. The van der Waals surface area contributed by atoms with Gasteiger partial charge in [-0.25, -0.2) is 22.9 Å². The molecular formula is C21H17ClN4O4S2. The second kappa shape index (κ2) is 8.38. The van der Waals surface area contributed by atoms with Crippen LogP contribution in [0.2, 0.25) is 4.34 Å². The Bertz CT molecular complexity index is 1510. The minimum absolute atomic E-state index is 0.0677. The number of hydrogen-bond acceptors (Lipinski definition) is 6. The first-order chi connectivity index (χ1) is 15.1. The lowest BCUT2D eigenvalue weighted by Gasteiger charge is -2.12. The number of nitrogens with one attached hydrogen (secondary N) is 2. The minimum atomic E-state index is -4.03. The average Bonchev–Trinajstić information content (AvgIpc) is 3.17. The molecule has 0 aliphatic heterocycles. The number of rotatable bonds is 4. The molecule has 164 valence electrons. The minimum Gasteiger partial charge on any atom is -0.307 e. The molecule has 0 atom stereocenters. The average molecular weight is 489 g/mol. The normalized spacial score (nSPS) is 11.5. The molecular weight excluding hydrogens is 472 g/mol. The molecule has 0 aliphatic carbocycles. The first-order valence-corrected chi connectivity index (χ1v) is 12.0. The number of amides is 2. The van der Waals surface area contributed by atoms with Gasteiger partial charge in [0.05, 0.1) is 20.9 Å². The van der Waals surface area contributed by atoms with Crippen molar-refractivity contribution >= 4 is 55.6 Å². The maximum Gasteiger partial charge on any atom is 0.333 e. The quantitative estimate of drug-likeness (QED) is 0.446. The molecule has 0 saturated heterocycles. The van der Waals surface area contributed by atoms with Gasteiger partial charge in [0, 0.05) is 5.69 Å². The lowest BCUT2D eigenvalue weighted by molar-refractivity contribution is 0.256. The number of hydrogen-bond donors (Lipinski definition) is 2. The lowest BCUT2D eigenvalue weighted by atomic mass is 10.1. The van der Waals surface area contributed by atoms with Crippen LogP contribution in [0.25, 0.3) is 16.6 Å². The van der Waals surface area contributed by atoms with Crippen molar-refractivity contribution in [1.82, 2.24) is 14.3 Å². The molecule has 2 aromatic carbocycles. The third-order valence-corrected chi connectivity index (χ3v) is 7.67. The van der Waals surface area contributed by atoms with E-state index >= 15 is 0 Å². The van der Waals surface area contributed by atoms with Crippen LogP contribution in [0, 0.1) is 13.8 Å². The van der Waals surface area contributed by atoms with Gasteiger partial charge in [0.2, 0.25) is 0 Å². The van der Waals surface area contributed by atoms with Gasteiger partial charge in [0.15, 0.2) is 0 Å². The Morgan fingerprint density at radius 1 is 1.06 bits per heavy atom. The largest absolute Gasteiger partial charge is 0.333 e. The van der Waals surface area contributed by atoms with Crippen LogP contribution in [0.4, 0.5) is 10.5 Å². The molecule has 2 heterocycles. The Kier molecular flexibility index (Phi) is 5.76. The summed E-state index contributed by atoms with van der Waals surface area (Å²) in [4.78, 5) is 29.7. The maximum atomic E-state index is 13.0. The molecule has 0 spiro atoms. The molecule has 2 aromatic heterocycles. The molecule has 0 aliphatic rings. The Balaban J connectivity index is 1.56. The number of carbonyl (C=O) groups excluding carboxylic acids is 1. The van der Waals surface area contributed by atoms with Gasteiger partial charge in [-0.05, 0) is 62.4 Å². The van der Waals surface area contributed by atoms with Crippen molar-refractivity contribution in [2.45, 2.75) is 18.1 Å². The van der Waals surface area contributed by atoms with Crippen molar-refractivity contribution in [3.05, 3.63) is 80.7 Å². The Morgan fingerprint density at radius 3 is 2.44 bits per heavy atom. The van der Waals surface area contributed by atoms with Gasteiger partial charge in [0.25, 0.3) is 15.6 Å². The number of aromatic nitrogens is 2. The molecule has 0 saturated carbocycles. The topological polar surface area (TPSA) is 110 Å². The monoisotopic (exact) mass is 488 g/mol. The molecule has 0 fully saturated rings. The first kappa shape index (κ1) is 22.0. The molecule has 0 radical (unpaired) electrons. The van der Waals surface area contributed by atoms with Crippen LogP contribution in [0.1, 0.15) is 11.4 Å². The van der Waals surface area contributed by atoms with Crippen molar-refractivity contribution in [2.24, 2.45) is 0 Å². The van der Waals surface area contributed by atoms with Crippen LogP contribution in [-0.4, -0.2) is 24.0 Å². The molecule has 2 N–H and O–H groups in total. The van der Waals surface area contributed by atoms with Crippen LogP contribution >= 0.6 is 22.9 Å². The number of halogens is 1. The molecule has 11 heteroatoms. The number of carbonyl (C=O) groups is 1. The van der Waals surface area contributed by atoms with E-state index in [1.165, 1.54) is 16.7 Å². The number of thiophene rings is 1. The molecule has 8 nitrogen and oxygen atoms in total. The van der Waals surface area contributed by atoms with Gasteiger partial charge >= 0.3 is 6.03 Å². The molecule has 32 heavy (non-hydrogen) atoms. The van der Waals surface area contributed by atoms with Gasteiger partial charge < -0.3 is 5.32 Å². The van der Waals surface area contributed by atoms with E-state index in [1.54, 1.807) is 37.3 Å². The van der Waals surface area contributed by atoms with Gasteiger partial charge in [-0.3, -0.25) is 9.36 Å². The van der Waals surface area contributed by atoms with Crippen LogP contribution in [0.5, 0.6) is 0 Å². The summed E-state index contributed by atoms with van der Waals surface area (Å²) in [5.41, 5.74) is 2.29. The van der Waals surface area contributed by atoms with Gasteiger partial charge in [-0.2, -0.15) is 0 Å². The first-order valence-electron chi connectivity index (χ1n) is 9.34. The zero-order chi connectivity index (χ0) is 23.0. The van der Waals surface area contributed by atoms with Crippen molar-refractivity contribution in [2.75, 3.05) is 5.32 Å². The Morgan fingerprint density at radius 2 is 1.78 bits per heavy atom. The summed E-state index contributed by atoms with van der Waals surface area (Å²) in [7, 11) is -4.03. The Labute approximate surface area is 192 Å². The number of sulfonamides is 1. The van der Waals surface area contributed by atoms with E-state index in [2.05, 4.69) is 10.3 Å². The van der Waals surface area contributed by atoms with Crippen molar-refractivity contribution in [3.63, 3.8) is 0 Å². The fraction of sp³-hybridized carbons (Fsp3) is 0.0952. The fourth-order valence-electron chi connectivity index (χ4n) is 3.18. The highest BCUT2D eigenvalue weighted by atomic mass is 35.5. The van der Waals surface area contributed by atoms with Gasteiger partial charge in [-0.15, -0.1) is 11.3 Å². The standard InChI is InChI=1S/C21H17ClN4O4S2/c1-12-3-8-17-16(11-12)20(27)26(13(2)23-17)15-6-4-14(5-7-15)24-21(28)25-32(29,30)19-10-9-18(22)31-19/h3-11H,1-2H3,(H2,24,25,28). The number of benzene rings is 2. The van der Waals surface area contributed by atoms with E-state index in [-0.39, 0.29) is 9.77 Å². The number of fused-ring (bicyclic) bond motifs is 1. The van der Waals surface area contributed by atoms with E-state index in [1.807, 2.05) is 23.8 Å². The van der Waals surface area contributed by atoms with Crippen LogP contribution < -0.4 is 15.6 Å². The lowest BCUT2D eigenvalue weighted by Crippen LogP contribution is -2.33. The summed E-state index contributed by atoms with van der Waals surface area (Å²) >= 11 is 6.60. The van der Waals surface area contributed by atoms with Crippen LogP contribution in [0.15, 0.2) is 63.6 Å². The van der Waals surface area contributed by atoms with Gasteiger partial charge in [-0.1, -0.05) is 23.2 Å². The predicted octanol–water partition coefficient (Wildman–Crippen LogP) is 4.23. The summed E-state index contributed by atoms with van der Waals surface area (Å²) in [6, 6.07) is 13.7. The summed E-state index contributed by atoms with van der Waals surface area (Å²) < 4.78 is 28.1. The van der Waals surface area contributed by atoms with E-state index < -0.39 is 16.1 Å². The number of urea groups is 1. The predicted molar refractivity (Wildman–Crippen MR) is 125 cm³/mol. The third kappa shape index (κ3) is 4.38. The number of aryl methyl sites for hydroxylation is 2. The smallest absolute Gasteiger partial charge is 0.307 e. The van der Waals surface area contributed by atoms with E-state index in [0.29, 0.717) is 32.4 Å². The van der Waals surface area contributed by atoms with E-state index in [0.717, 1.165) is 16.9 Å². The Hall–Kier alpha value is -3.21. The maximum absolute atomic E-state index is 13.0. The highest BCUT2D eigenvalue weighted by Gasteiger charge is 2.20. The molecule has 2 amide bonds. The fourth-order valence-corrected chi connectivity index (χ4v) is 5.57. The summed E-state index contributed by atoms with van der Waals surface area (Å²) in [5.74, 6) is 0.519. The van der Waals surface area contributed by atoms with Crippen molar-refractivity contribution < 1.29 is 13.2 Å². The SMILES string of the molecule is Cc1ccc2nc(C)n(-c3ccc(NC(=O)NS(=O)(=O)c4ccc(Cl)s4)cc3)c(=O)c2c1. The van der Waals surface area contributed by atoms with Gasteiger partial charge in [0.1, 0.15) is 10.0 Å². The highest BCUT2D eigenvalue weighted by molar-refractivity contribution is 7.92. The van der Waals surface area contributed by atoms with Crippen LogP contribution in [-0.2, 0) is 10.0 Å². The zero-order valence-corrected chi connectivity index (χ0v) is 19.3. The van der Waals surface area contributed by atoms with E-state index in [4.69, 9.17) is 11.6 Å². The van der Waals surface area contributed by atoms with Crippen molar-refractivity contribution in [1.29, 1.82) is 0 Å². The summed E-state index contributed by atoms with van der Waals surface area (Å²) in [6.07, 6.45) is 0. The second-order valence-corrected chi connectivity index (χ2v) is 10.6. The van der Waals surface area contributed by atoms with Crippen molar-refractivity contribution in [3.8, 4) is 5.69 Å². The molecule has 0 bridgehead atoms. The zero-order valence-electron chi connectivity index (χ0n) is 16.9.